The average Bonchev–Trinajstić information content (AvgIpc) is 3.24. The van der Waals surface area contributed by atoms with Gasteiger partial charge in [0.1, 0.15) is 0 Å². The average molecular weight is 360 g/mol. The van der Waals surface area contributed by atoms with Gasteiger partial charge < -0.3 is 10.2 Å². The van der Waals surface area contributed by atoms with Gasteiger partial charge in [-0.15, -0.1) is 0 Å². The van der Waals surface area contributed by atoms with Crippen LogP contribution in [0.2, 0.25) is 0 Å². The molecule has 0 radical (unpaired) electrons. The number of likely N-dealkylation sites (tertiary alicyclic amines) is 2. The molecular weight excluding hydrogens is 326 g/mol. The summed E-state index contributed by atoms with van der Waals surface area (Å²) in [5.74, 6) is 3.95. The number of nitrogens with zero attached hydrogens (tertiary/aromatic N) is 2. The monoisotopic (exact) mass is 359 g/mol. The molecule has 2 heterocycles. The molecule has 4 saturated carbocycles. The van der Waals surface area contributed by atoms with Gasteiger partial charge in [-0.2, -0.15) is 0 Å². The van der Waals surface area contributed by atoms with E-state index >= 15 is 0 Å². The highest BCUT2D eigenvalue weighted by atomic mass is 16.2. The van der Waals surface area contributed by atoms with Crippen LogP contribution in [0.5, 0.6) is 0 Å². The Morgan fingerprint density at radius 1 is 0.962 bits per heavy atom. The van der Waals surface area contributed by atoms with Crippen LogP contribution >= 0.6 is 0 Å². The van der Waals surface area contributed by atoms with Gasteiger partial charge in [0.25, 0.3) is 0 Å². The van der Waals surface area contributed by atoms with Crippen LogP contribution in [0.15, 0.2) is 0 Å². The van der Waals surface area contributed by atoms with Crippen molar-refractivity contribution in [1.29, 1.82) is 0 Å². The maximum atomic E-state index is 13.1. The van der Waals surface area contributed by atoms with Gasteiger partial charge in [0.15, 0.2) is 0 Å². The van der Waals surface area contributed by atoms with Gasteiger partial charge in [-0.05, 0) is 81.6 Å². The van der Waals surface area contributed by atoms with Crippen LogP contribution in [0.3, 0.4) is 0 Å². The fraction of sp³-hybridized carbons (Fsp3) is 0.905. The van der Waals surface area contributed by atoms with E-state index in [1.807, 2.05) is 4.90 Å². The lowest BCUT2D eigenvalue weighted by Crippen LogP contribution is -2.58. The van der Waals surface area contributed by atoms with E-state index in [9.17, 15) is 9.59 Å². The van der Waals surface area contributed by atoms with Crippen LogP contribution in [0, 0.1) is 23.7 Å². The summed E-state index contributed by atoms with van der Waals surface area (Å²) in [6.45, 7) is 3.55. The quantitative estimate of drug-likeness (QED) is 0.817. The molecule has 4 aliphatic carbocycles. The Morgan fingerprint density at radius 2 is 1.69 bits per heavy atom. The van der Waals surface area contributed by atoms with E-state index in [-0.39, 0.29) is 11.9 Å². The minimum absolute atomic E-state index is 0.0323. The predicted octanol–water partition coefficient (Wildman–Crippen LogP) is 2.01. The predicted molar refractivity (Wildman–Crippen MR) is 99.4 cm³/mol. The lowest BCUT2D eigenvalue weighted by molar-refractivity contribution is -0.129. The molecule has 2 amide bonds. The number of carbonyl (C=O) groups is 2. The fourth-order valence-electron chi connectivity index (χ4n) is 7.00. The van der Waals surface area contributed by atoms with Crippen LogP contribution in [0.4, 0.5) is 0 Å². The zero-order chi connectivity index (χ0) is 17.7. The standard InChI is InChI=1S/C21H33N3O2/c25-19-4-2-6-24(19)8-7-23-5-1-3-18(23)21(26)22-20-16-10-14-9-15(12-16)13-17(20)11-14/h14-18,20H,1-13H2,(H,22,26)/t14?,15?,16?,17?,18-,20?/m1/s1. The first kappa shape index (κ1) is 17.0. The lowest BCUT2D eigenvalue weighted by Gasteiger charge is -2.54. The van der Waals surface area contributed by atoms with Crippen molar-refractivity contribution in [2.45, 2.75) is 69.9 Å². The van der Waals surface area contributed by atoms with E-state index < -0.39 is 0 Å². The Hall–Kier alpha value is -1.10. The normalized spacial score (nSPS) is 42.0. The van der Waals surface area contributed by atoms with Crippen molar-refractivity contribution in [3.8, 4) is 0 Å². The minimum Gasteiger partial charge on any atom is -0.351 e. The second-order valence-corrected chi connectivity index (χ2v) is 9.64. The Kier molecular flexibility index (Phi) is 4.46. The van der Waals surface area contributed by atoms with E-state index in [2.05, 4.69) is 10.2 Å². The summed E-state index contributed by atoms with van der Waals surface area (Å²) in [5, 5.41) is 3.51. The number of amides is 2. The number of carbonyl (C=O) groups excluding carboxylic acids is 2. The number of hydrogen-bond acceptors (Lipinski definition) is 3. The summed E-state index contributed by atoms with van der Waals surface area (Å²) in [6.07, 6.45) is 10.6. The Bertz CT molecular complexity index is 550. The third kappa shape index (κ3) is 3.06. The first-order chi connectivity index (χ1) is 12.7. The molecule has 0 aromatic rings. The Balaban J connectivity index is 1.17. The van der Waals surface area contributed by atoms with Gasteiger partial charge >= 0.3 is 0 Å². The van der Waals surface area contributed by atoms with E-state index in [1.54, 1.807) is 0 Å². The molecule has 26 heavy (non-hydrogen) atoms. The van der Waals surface area contributed by atoms with E-state index in [1.165, 1.54) is 32.1 Å². The summed E-state index contributed by atoms with van der Waals surface area (Å²) in [7, 11) is 0. The summed E-state index contributed by atoms with van der Waals surface area (Å²) < 4.78 is 0. The Labute approximate surface area is 156 Å². The molecule has 6 rings (SSSR count). The smallest absolute Gasteiger partial charge is 0.237 e. The maximum absolute atomic E-state index is 13.1. The highest BCUT2D eigenvalue weighted by Crippen LogP contribution is 2.53. The number of rotatable bonds is 5. The van der Waals surface area contributed by atoms with Crippen LogP contribution in [0.25, 0.3) is 0 Å². The van der Waals surface area contributed by atoms with E-state index in [0.29, 0.717) is 18.4 Å². The molecule has 5 heteroatoms. The molecule has 0 spiro atoms. The minimum atomic E-state index is 0.0323. The topological polar surface area (TPSA) is 52.7 Å². The summed E-state index contributed by atoms with van der Waals surface area (Å²) in [5.41, 5.74) is 0. The van der Waals surface area contributed by atoms with E-state index in [0.717, 1.165) is 69.1 Å². The van der Waals surface area contributed by atoms with Gasteiger partial charge in [-0.3, -0.25) is 14.5 Å². The summed E-state index contributed by atoms with van der Waals surface area (Å²) in [4.78, 5) is 29.2. The molecule has 5 nitrogen and oxygen atoms in total. The third-order valence-corrected chi connectivity index (χ3v) is 8.03. The van der Waals surface area contributed by atoms with Gasteiger partial charge in [0.05, 0.1) is 6.04 Å². The van der Waals surface area contributed by atoms with Gasteiger partial charge in [0.2, 0.25) is 11.8 Å². The Morgan fingerprint density at radius 3 is 2.35 bits per heavy atom. The van der Waals surface area contributed by atoms with Crippen molar-refractivity contribution in [2.24, 2.45) is 23.7 Å². The zero-order valence-electron chi connectivity index (χ0n) is 15.9. The highest BCUT2D eigenvalue weighted by molar-refractivity contribution is 5.82. The molecule has 4 bridgehead atoms. The SMILES string of the molecule is O=C(NC1C2CC3CC(C2)CC1C3)[C@H]1CCCN1CCN1CCCC1=O. The van der Waals surface area contributed by atoms with Crippen molar-refractivity contribution in [3.63, 3.8) is 0 Å². The van der Waals surface area contributed by atoms with E-state index in [4.69, 9.17) is 0 Å². The molecule has 0 aromatic carbocycles. The molecule has 2 aliphatic heterocycles. The molecule has 1 atom stereocenters. The summed E-state index contributed by atoms with van der Waals surface area (Å²) in [6, 6.07) is 0.475. The molecule has 6 aliphatic rings. The molecular formula is C21H33N3O2. The van der Waals surface area contributed by atoms with Gasteiger partial charge in [-0.25, -0.2) is 0 Å². The van der Waals surface area contributed by atoms with Gasteiger partial charge in [0, 0.05) is 32.1 Å². The van der Waals surface area contributed by atoms with Gasteiger partial charge in [-0.1, -0.05) is 0 Å². The second kappa shape index (κ2) is 6.81. The first-order valence-electron chi connectivity index (χ1n) is 11.0. The van der Waals surface area contributed by atoms with Crippen molar-refractivity contribution in [2.75, 3.05) is 26.2 Å². The number of hydrogen-bond donors (Lipinski definition) is 1. The first-order valence-corrected chi connectivity index (χ1v) is 11.0. The molecule has 6 fully saturated rings. The molecule has 0 unspecified atom stereocenters. The highest BCUT2D eigenvalue weighted by Gasteiger charge is 2.49. The van der Waals surface area contributed by atoms with Crippen molar-refractivity contribution in [3.05, 3.63) is 0 Å². The van der Waals surface area contributed by atoms with Crippen molar-refractivity contribution < 1.29 is 9.59 Å². The largest absolute Gasteiger partial charge is 0.351 e. The molecule has 0 aromatic heterocycles. The van der Waals surface area contributed by atoms with Crippen molar-refractivity contribution in [1.82, 2.24) is 15.1 Å². The number of nitrogens with one attached hydrogen (secondary N) is 1. The molecule has 2 saturated heterocycles. The third-order valence-electron chi connectivity index (χ3n) is 8.03. The van der Waals surface area contributed by atoms with Crippen LogP contribution < -0.4 is 5.32 Å². The lowest BCUT2D eigenvalue weighted by atomic mass is 9.54. The zero-order valence-corrected chi connectivity index (χ0v) is 15.9. The van der Waals surface area contributed by atoms with Crippen LogP contribution in [0.1, 0.15) is 57.8 Å². The molecule has 144 valence electrons. The second-order valence-electron chi connectivity index (χ2n) is 9.64. The molecule has 1 N–H and O–H groups in total. The summed E-state index contributed by atoms with van der Waals surface area (Å²) >= 11 is 0. The fourth-order valence-corrected chi connectivity index (χ4v) is 7.00. The van der Waals surface area contributed by atoms with Crippen molar-refractivity contribution >= 4 is 11.8 Å². The van der Waals surface area contributed by atoms with Crippen LogP contribution in [-0.4, -0.2) is 59.9 Å². The van der Waals surface area contributed by atoms with Crippen LogP contribution in [-0.2, 0) is 9.59 Å². The maximum Gasteiger partial charge on any atom is 0.237 e.